The van der Waals surface area contributed by atoms with Gasteiger partial charge in [-0.1, -0.05) is 29.8 Å². The maximum absolute atomic E-state index is 13.3. The Morgan fingerprint density at radius 2 is 1.84 bits per heavy atom. The Bertz CT molecular complexity index is 2010. The van der Waals surface area contributed by atoms with Crippen LogP contribution in [0.1, 0.15) is 28.8 Å². The van der Waals surface area contributed by atoms with Gasteiger partial charge in [0.1, 0.15) is 11.3 Å². The first-order valence-corrected chi connectivity index (χ1v) is 13.9. The first-order valence-electron chi connectivity index (χ1n) is 13.9. The second kappa shape index (κ2) is 10.4. The van der Waals surface area contributed by atoms with E-state index in [4.69, 9.17) is 13.6 Å². The molecule has 0 radical (unpaired) electrons. The predicted molar refractivity (Wildman–Crippen MR) is 162 cm³/mol. The number of nitrogens with zero attached hydrogens (tertiary/aromatic N) is 4. The number of furan rings is 1. The molecule has 1 aliphatic heterocycles. The standard InChI is InChI=1S/C33H27N5O5/c1-18-8-10-19(11-9-18)29-28(31(40)34-2)22-15-21(24(16-26(22)42-29)38-13-5-7-27(38)39)20-14-23(32(41-3)36-17-20)33-37-30-25(43-33)6-4-12-35-30/h4,6,8-12,14-17H,5,7,13H2,1-3H3,(H,34,40). The van der Waals surface area contributed by atoms with Crippen molar-refractivity contribution in [3.05, 3.63) is 78.1 Å². The van der Waals surface area contributed by atoms with Crippen molar-refractivity contribution >= 4 is 39.7 Å². The molecule has 0 bridgehead atoms. The molecule has 214 valence electrons. The molecule has 2 amide bonds. The molecule has 1 saturated heterocycles. The summed E-state index contributed by atoms with van der Waals surface area (Å²) in [7, 11) is 3.12. The zero-order valence-electron chi connectivity index (χ0n) is 23.8. The molecule has 0 atom stereocenters. The molecule has 43 heavy (non-hydrogen) atoms. The number of amides is 2. The van der Waals surface area contributed by atoms with Crippen LogP contribution in [0.4, 0.5) is 5.69 Å². The number of aromatic nitrogens is 3. The van der Waals surface area contributed by atoms with Gasteiger partial charge in [0.15, 0.2) is 11.2 Å². The van der Waals surface area contributed by atoms with Crippen LogP contribution in [0.5, 0.6) is 5.88 Å². The van der Waals surface area contributed by atoms with Crippen LogP contribution in [0.15, 0.2) is 75.8 Å². The molecule has 10 nitrogen and oxygen atoms in total. The van der Waals surface area contributed by atoms with Gasteiger partial charge in [0, 0.05) is 60.5 Å². The minimum Gasteiger partial charge on any atom is -0.480 e. The summed E-state index contributed by atoms with van der Waals surface area (Å²) in [6.07, 6.45) is 4.52. The van der Waals surface area contributed by atoms with E-state index in [0.29, 0.717) is 80.6 Å². The van der Waals surface area contributed by atoms with Crippen LogP contribution in [0.25, 0.3) is 56.1 Å². The Labute approximate surface area is 246 Å². The van der Waals surface area contributed by atoms with Gasteiger partial charge in [0.05, 0.1) is 23.9 Å². The summed E-state index contributed by atoms with van der Waals surface area (Å²) in [6.45, 7) is 2.57. The van der Waals surface area contributed by atoms with Crippen LogP contribution in [0, 0.1) is 6.92 Å². The molecule has 1 aliphatic rings. The molecule has 4 aromatic heterocycles. The number of carbonyl (C=O) groups excluding carboxylic acids is 2. The van der Waals surface area contributed by atoms with E-state index >= 15 is 0 Å². The lowest BCUT2D eigenvalue weighted by molar-refractivity contribution is -0.117. The number of hydrogen-bond donors (Lipinski definition) is 1. The third kappa shape index (κ3) is 4.47. The molecule has 1 N–H and O–H groups in total. The molecule has 0 aliphatic carbocycles. The van der Waals surface area contributed by atoms with E-state index in [-0.39, 0.29) is 11.8 Å². The van der Waals surface area contributed by atoms with E-state index in [9.17, 15) is 9.59 Å². The van der Waals surface area contributed by atoms with Crippen LogP contribution in [0.2, 0.25) is 0 Å². The van der Waals surface area contributed by atoms with E-state index in [0.717, 1.165) is 17.5 Å². The van der Waals surface area contributed by atoms with Crippen molar-refractivity contribution in [2.75, 3.05) is 25.6 Å². The highest BCUT2D eigenvalue weighted by atomic mass is 16.5. The van der Waals surface area contributed by atoms with Gasteiger partial charge in [0.2, 0.25) is 17.7 Å². The summed E-state index contributed by atoms with van der Waals surface area (Å²) >= 11 is 0. The van der Waals surface area contributed by atoms with Gasteiger partial charge in [-0.25, -0.2) is 9.97 Å². The number of aryl methyl sites for hydroxylation is 1. The largest absolute Gasteiger partial charge is 0.480 e. The van der Waals surface area contributed by atoms with Gasteiger partial charge in [-0.2, -0.15) is 4.98 Å². The molecule has 5 heterocycles. The maximum atomic E-state index is 13.3. The van der Waals surface area contributed by atoms with Crippen molar-refractivity contribution in [3.63, 3.8) is 0 Å². The zero-order chi connectivity index (χ0) is 29.7. The van der Waals surface area contributed by atoms with Gasteiger partial charge < -0.3 is 23.8 Å². The highest BCUT2D eigenvalue weighted by Crippen LogP contribution is 2.43. The van der Waals surface area contributed by atoms with E-state index in [1.165, 1.54) is 7.11 Å². The van der Waals surface area contributed by atoms with Crippen LogP contribution < -0.4 is 15.0 Å². The number of fused-ring (bicyclic) bond motifs is 2. The number of benzene rings is 2. The minimum atomic E-state index is -0.280. The van der Waals surface area contributed by atoms with Gasteiger partial charge in [0.25, 0.3) is 5.91 Å². The Kier molecular flexibility index (Phi) is 6.38. The summed E-state index contributed by atoms with van der Waals surface area (Å²) in [6, 6.07) is 17.0. The lowest BCUT2D eigenvalue weighted by atomic mass is 9.97. The van der Waals surface area contributed by atoms with Gasteiger partial charge in [-0.05, 0) is 37.6 Å². The predicted octanol–water partition coefficient (Wildman–Crippen LogP) is 6.17. The Morgan fingerprint density at radius 3 is 2.56 bits per heavy atom. The second-order valence-corrected chi connectivity index (χ2v) is 10.4. The fraction of sp³-hybridized carbons (Fsp3) is 0.182. The summed E-state index contributed by atoms with van der Waals surface area (Å²) < 4.78 is 17.9. The first kappa shape index (κ1) is 26.4. The van der Waals surface area contributed by atoms with Crippen LogP contribution in [0.3, 0.4) is 0 Å². The molecule has 0 unspecified atom stereocenters. The van der Waals surface area contributed by atoms with Gasteiger partial charge in [-0.15, -0.1) is 0 Å². The Balaban J connectivity index is 1.48. The smallest absolute Gasteiger partial charge is 0.255 e. The lowest BCUT2D eigenvalue weighted by Crippen LogP contribution is -2.24. The van der Waals surface area contributed by atoms with Crippen molar-refractivity contribution in [1.82, 2.24) is 20.3 Å². The number of pyridine rings is 2. The summed E-state index contributed by atoms with van der Waals surface area (Å²) in [5.41, 5.74) is 6.36. The summed E-state index contributed by atoms with van der Waals surface area (Å²) in [5.74, 6) is 0.821. The number of hydrogen-bond acceptors (Lipinski definition) is 8. The van der Waals surface area contributed by atoms with Gasteiger partial charge in [-0.3, -0.25) is 9.59 Å². The quantitative estimate of drug-likeness (QED) is 0.251. The molecule has 2 aromatic carbocycles. The second-order valence-electron chi connectivity index (χ2n) is 10.4. The average Bonchev–Trinajstić information content (AvgIpc) is 3.76. The van der Waals surface area contributed by atoms with Crippen molar-refractivity contribution < 1.29 is 23.2 Å². The minimum absolute atomic E-state index is 0.0177. The van der Waals surface area contributed by atoms with E-state index in [2.05, 4.69) is 20.3 Å². The maximum Gasteiger partial charge on any atom is 0.255 e. The molecule has 0 spiro atoms. The topological polar surface area (TPSA) is 124 Å². The average molecular weight is 574 g/mol. The highest BCUT2D eigenvalue weighted by molar-refractivity contribution is 6.14. The van der Waals surface area contributed by atoms with Crippen molar-refractivity contribution in [2.24, 2.45) is 0 Å². The molecule has 10 heteroatoms. The SMILES string of the molecule is CNC(=O)c1c(-c2ccc(C)cc2)oc2cc(N3CCCC3=O)c(-c3cnc(OC)c(-c4nc5ncccc5o4)c3)cc12. The molecule has 0 saturated carbocycles. The molecular weight excluding hydrogens is 546 g/mol. The third-order valence-electron chi connectivity index (χ3n) is 7.69. The van der Waals surface area contributed by atoms with E-state index in [1.807, 2.05) is 49.4 Å². The highest BCUT2D eigenvalue weighted by Gasteiger charge is 2.29. The number of nitrogens with one attached hydrogen (secondary N) is 1. The van der Waals surface area contributed by atoms with Crippen molar-refractivity contribution in [2.45, 2.75) is 19.8 Å². The Hall–Kier alpha value is -5.51. The number of oxazole rings is 1. The Morgan fingerprint density at radius 1 is 1.00 bits per heavy atom. The normalized spacial score (nSPS) is 13.3. The number of anilines is 1. The zero-order valence-corrected chi connectivity index (χ0v) is 23.8. The monoisotopic (exact) mass is 573 g/mol. The number of ether oxygens (including phenoxy) is 1. The van der Waals surface area contributed by atoms with E-state index < -0.39 is 0 Å². The molecule has 1 fully saturated rings. The van der Waals surface area contributed by atoms with Crippen molar-refractivity contribution in [1.29, 1.82) is 0 Å². The number of rotatable bonds is 6. The van der Waals surface area contributed by atoms with Gasteiger partial charge >= 0.3 is 0 Å². The summed E-state index contributed by atoms with van der Waals surface area (Å²) in [5, 5.41) is 3.37. The van der Waals surface area contributed by atoms with E-state index in [1.54, 1.807) is 36.5 Å². The third-order valence-corrected chi connectivity index (χ3v) is 7.69. The van der Waals surface area contributed by atoms with Crippen LogP contribution in [-0.4, -0.2) is 47.5 Å². The van der Waals surface area contributed by atoms with Crippen molar-refractivity contribution in [3.8, 4) is 39.8 Å². The molecule has 6 aromatic rings. The fourth-order valence-corrected chi connectivity index (χ4v) is 5.55. The number of carbonyl (C=O) groups is 2. The number of methoxy groups -OCH3 is 1. The first-order chi connectivity index (χ1) is 20.9. The lowest BCUT2D eigenvalue weighted by Gasteiger charge is -2.20. The fourth-order valence-electron chi connectivity index (χ4n) is 5.55. The molecule has 7 rings (SSSR count). The van der Waals surface area contributed by atoms with Crippen LogP contribution in [-0.2, 0) is 4.79 Å². The van der Waals surface area contributed by atoms with Crippen LogP contribution >= 0.6 is 0 Å². The summed E-state index contributed by atoms with van der Waals surface area (Å²) in [4.78, 5) is 41.5. The molecular formula is C33H27N5O5.